The Morgan fingerprint density at radius 3 is 2.84 bits per heavy atom. The molecule has 0 bridgehead atoms. The van der Waals surface area contributed by atoms with Crippen molar-refractivity contribution in [3.05, 3.63) is 23.3 Å². The Balaban J connectivity index is 1.18. The molecule has 0 aromatic heterocycles. The second-order valence-electron chi connectivity index (χ2n) is 8.72. The molecule has 5 rings (SSSR count). The molecule has 11 heteroatoms. The van der Waals surface area contributed by atoms with Crippen LogP contribution in [-0.4, -0.2) is 85.1 Å². The summed E-state index contributed by atoms with van der Waals surface area (Å²) < 4.78 is 17.1. The van der Waals surface area contributed by atoms with Gasteiger partial charge in [0, 0.05) is 24.9 Å². The SMILES string of the molecule is NCC1COC(CC(=O)N2CC(Oc3ccc4c(c3C(=O)O)OB(O)C3CC43)C2)CN1. The number of hydrogen-bond acceptors (Lipinski definition) is 8. The highest BCUT2D eigenvalue weighted by Crippen LogP contribution is 2.60. The number of morpholine rings is 1. The average molecular weight is 431 g/mol. The minimum Gasteiger partial charge on any atom is -0.535 e. The molecule has 2 saturated heterocycles. The Kier molecular flexibility index (Phi) is 5.29. The van der Waals surface area contributed by atoms with Crippen molar-refractivity contribution in [2.75, 3.05) is 32.8 Å². The van der Waals surface area contributed by atoms with Crippen molar-refractivity contribution < 1.29 is 33.8 Å². The van der Waals surface area contributed by atoms with E-state index in [0.29, 0.717) is 32.8 Å². The molecular weight excluding hydrogens is 405 g/mol. The quantitative estimate of drug-likeness (QED) is 0.435. The molecule has 166 valence electrons. The van der Waals surface area contributed by atoms with Crippen LogP contribution in [0.15, 0.2) is 12.1 Å². The summed E-state index contributed by atoms with van der Waals surface area (Å²) in [6.07, 6.45) is 0.601. The highest BCUT2D eigenvalue weighted by atomic mass is 16.5. The van der Waals surface area contributed by atoms with Crippen LogP contribution >= 0.6 is 0 Å². The lowest BCUT2D eigenvalue weighted by Crippen LogP contribution is -2.57. The standard InChI is InChI=1S/C20H26BN3O7/c22-5-10-9-29-11(6-23-10)3-17(25)24-7-12(8-24)30-16-2-1-13-14-4-15(14)21(28)31-19(13)18(16)20(26)27/h1-2,10-12,14-15,23,28H,3-9,22H2,(H,26,27). The lowest BCUT2D eigenvalue weighted by Gasteiger charge is -2.40. The fraction of sp³-hybridized carbons (Fsp3) is 0.600. The normalized spacial score (nSPS) is 29.4. The van der Waals surface area contributed by atoms with E-state index in [1.807, 2.05) is 6.07 Å². The summed E-state index contributed by atoms with van der Waals surface area (Å²) in [6.45, 7) is 2.35. The number of nitrogens with zero attached hydrogens (tertiary/aromatic N) is 1. The van der Waals surface area contributed by atoms with Gasteiger partial charge in [0.05, 0.1) is 32.2 Å². The van der Waals surface area contributed by atoms with E-state index in [1.165, 1.54) is 0 Å². The molecule has 0 radical (unpaired) electrons. The van der Waals surface area contributed by atoms with Crippen LogP contribution in [0.1, 0.15) is 34.7 Å². The fourth-order valence-electron chi connectivity index (χ4n) is 4.57. The molecule has 1 aliphatic carbocycles. The first kappa shape index (κ1) is 20.6. The molecule has 4 unspecified atom stereocenters. The molecule has 5 N–H and O–H groups in total. The number of nitrogens with two attached hydrogens (primary N) is 1. The van der Waals surface area contributed by atoms with Gasteiger partial charge in [-0.15, -0.1) is 0 Å². The zero-order valence-electron chi connectivity index (χ0n) is 17.0. The Bertz CT molecular complexity index is 886. The number of carboxylic acid groups (broad SMARTS) is 1. The molecule has 0 spiro atoms. The number of likely N-dealkylation sites (tertiary alicyclic amines) is 1. The number of carbonyl (C=O) groups excluding carboxylic acids is 1. The van der Waals surface area contributed by atoms with Crippen LogP contribution < -0.4 is 20.4 Å². The smallest absolute Gasteiger partial charge is 0.526 e. The van der Waals surface area contributed by atoms with E-state index in [0.717, 1.165) is 12.0 Å². The maximum absolute atomic E-state index is 12.5. The van der Waals surface area contributed by atoms with E-state index in [2.05, 4.69) is 5.32 Å². The summed E-state index contributed by atoms with van der Waals surface area (Å²) in [5, 5.41) is 23.0. The van der Waals surface area contributed by atoms with Gasteiger partial charge in [0.25, 0.3) is 0 Å². The van der Waals surface area contributed by atoms with Crippen LogP contribution in [0.2, 0.25) is 5.82 Å². The van der Waals surface area contributed by atoms with Crippen molar-refractivity contribution in [3.63, 3.8) is 0 Å². The van der Waals surface area contributed by atoms with Gasteiger partial charge < -0.3 is 40.2 Å². The third kappa shape index (κ3) is 3.86. The van der Waals surface area contributed by atoms with Gasteiger partial charge in [-0.05, 0) is 24.0 Å². The molecular formula is C20H26BN3O7. The van der Waals surface area contributed by atoms with Crippen LogP contribution in [0.4, 0.5) is 0 Å². The van der Waals surface area contributed by atoms with Crippen LogP contribution in [0, 0.1) is 0 Å². The molecule has 10 nitrogen and oxygen atoms in total. The Morgan fingerprint density at radius 1 is 1.35 bits per heavy atom. The summed E-state index contributed by atoms with van der Waals surface area (Å²) in [5.74, 6) is -0.615. The van der Waals surface area contributed by atoms with Gasteiger partial charge >= 0.3 is 13.1 Å². The lowest BCUT2D eigenvalue weighted by atomic mass is 9.77. The number of benzene rings is 1. The van der Waals surface area contributed by atoms with E-state index in [-0.39, 0.29) is 59.4 Å². The van der Waals surface area contributed by atoms with E-state index >= 15 is 0 Å². The zero-order valence-corrected chi connectivity index (χ0v) is 17.0. The van der Waals surface area contributed by atoms with Gasteiger partial charge in [-0.1, -0.05) is 6.07 Å². The van der Waals surface area contributed by atoms with Crippen molar-refractivity contribution in [2.45, 2.75) is 42.8 Å². The third-order valence-corrected chi connectivity index (χ3v) is 6.56. The minimum absolute atomic E-state index is 0.0204. The third-order valence-electron chi connectivity index (χ3n) is 6.56. The topological polar surface area (TPSA) is 144 Å². The number of carbonyl (C=O) groups is 2. The number of carboxylic acids is 1. The van der Waals surface area contributed by atoms with Crippen LogP contribution in [0.5, 0.6) is 11.5 Å². The second kappa shape index (κ2) is 7.97. The number of aromatic carboxylic acids is 1. The molecule has 1 aromatic rings. The summed E-state index contributed by atoms with van der Waals surface area (Å²) in [4.78, 5) is 26.1. The minimum atomic E-state index is -1.16. The second-order valence-corrected chi connectivity index (χ2v) is 8.72. The largest absolute Gasteiger partial charge is 0.535 e. The summed E-state index contributed by atoms with van der Waals surface area (Å²) >= 11 is 0. The summed E-state index contributed by atoms with van der Waals surface area (Å²) in [5.41, 5.74) is 6.34. The molecule has 4 aliphatic rings. The molecule has 3 aliphatic heterocycles. The fourth-order valence-corrected chi connectivity index (χ4v) is 4.57. The van der Waals surface area contributed by atoms with Gasteiger partial charge in [-0.2, -0.15) is 0 Å². The molecule has 1 saturated carbocycles. The number of ether oxygens (including phenoxy) is 2. The number of amides is 1. The predicted molar refractivity (Wildman–Crippen MR) is 109 cm³/mol. The molecule has 3 fully saturated rings. The van der Waals surface area contributed by atoms with E-state index in [4.69, 9.17) is 19.9 Å². The summed E-state index contributed by atoms with van der Waals surface area (Å²) in [7, 11) is -0.987. The Labute approximate surface area is 179 Å². The van der Waals surface area contributed by atoms with Gasteiger partial charge in [-0.3, -0.25) is 4.79 Å². The number of nitrogens with one attached hydrogen (secondary N) is 1. The van der Waals surface area contributed by atoms with Crippen LogP contribution in [0.25, 0.3) is 0 Å². The monoisotopic (exact) mass is 431 g/mol. The van der Waals surface area contributed by atoms with Gasteiger partial charge in [0.2, 0.25) is 5.91 Å². The highest BCUT2D eigenvalue weighted by molar-refractivity contribution is 6.48. The van der Waals surface area contributed by atoms with Gasteiger partial charge in [0.15, 0.2) is 0 Å². The van der Waals surface area contributed by atoms with E-state index < -0.39 is 13.1 Å². The molecule has 31 heavy (non-hydrogen) atoms. The average Bonchev–Trinajstić information content (AvgIpc) is 3.52. The number of hydrogen-bond donors (Lipinski definition) is 4. The maximum Gasteiger partial charge on any atom is 0.526 e. The van der Waals surface area contributed by atoms with E-state index in [9.17, 15) is 19.7 Å². The first-order chi connectivity index (χ1) is 14.9. The Morgan fingerprint density at radius 2 is 2.16 bits per heavy atom. The number of rotatable bonds is 6. The van der Waals surface area contributed by atoms with Gasteiger partial charge in [-0.25, -0.2) is 4.79 Å². The molecule has 1 aromatic carbocycles. The Hall–Kier alpha value is -2.34. The van der Waals surface area contributed by atoms with Crippen molar-refractivity contribution in [2.24, 2.45) is 5.73 Å². The number of fused-ring (bicyclic) bond motifs is 3. The molecule has 1 amide bonds. The van der Waals surface area contributed by atoms with Crippen molar-refractivity contribution in [1.29, 1.82) is 0 Å². The highest BCUT2D eigenvalue weighted by Gasteiger charge is 2.54. The molecule has 3 heterocycles. The van der Waals surface area contributed by atoms with Crippen LogP contribution in [-0.2, 0) is 9.53 Å². The van der Waals surface area contributed by atoms with Crippen molar-refractivity contribution in [1.82, 2.24) is 10.2 Å². The molecule has 4 atom stereocenters. The van der Waals surface area contributed by atoms with Gasteiger partial charge in [0.1, 0.15) is 23.2 Å². The first-order valence-electron chi connectivity index (χ1n) is 10.7. The van der Waals surface area contributed by atoms with Crippen molar-refractivity contribution in [3.8, 4) is 11.5 Å². The maximum atomic E-state index is 12.5. The zero-order chi connectivity index (χ0) is 21.7. The lowest BCUT2D eigenvalue weighted by molar-refractivity contribution is -0.143. The van der Waals surface area contributed by atoms with Crippen molar-refractivity contribution >= 4 is 19.0 Å². The summed E-state index contributed by atoms with van der Waals surface area (Å²) in [6, 6.07) is 3.60. The van der Waals surface area contributed by atoms with Crippen LogP contribution in [0.3, 0.4) is 0 Å². The first-order valence-corrected chi connectivity index (χ1v) is 10.7. The van der Waals surface area contributed by atoms with E-state index in [1.54, 1.807) is 11.0 Å². The predicted octanol–water partition coefficient (Wildman–Crippen LogP) is -0.589.